The van der Waals surface area contributed by atoms with Gasteiger partial charge in [-0.3, -0.25) is 4.79 Å². The van der Waals surface area contributed by atoms with Crippen molar-refractivity contribution in [2.75, 3.05) is 0 Å². The first-order valence-electron chi connectivity index (χ1n) is 4.16. The van der Waals surface area contributed by atoms with Gasteiger partial charge in [-0.1, -0.05) is 0 Å². The molecule has 0 heterocycles. The summed E-state index contributed by atoms with van der Waals surface area (Å²) in [5.74, 6) is -1.34. The Morgan fingerprint density at radius 2 is 2.07 bits per heavy atom. The molecule has 0 bridgehead atoms. The average Bonchev–Trinajstić information content (AvgIpc) is 2.02. The SMILES string of the molecule is CC(CC#N)NC(=O)C(C)(N)C(F)(F)F. The largest absolute Gasteiger partial charge is 0.415 e. The van der Waals surface area contributed by atoms with Crippen LogP contribution in [0.1, 0.15) is 20.3 Å². The van der Waals surface area contributed by atoms with Gasteiger partial charge >= 0.3 is 6.18 Å². The van der Waals surface area contributed by atoms with Gasteiger partial charge < -0.3 is 11.1 Å². The van der Waals surface area contributed by atoms with Crippen LogP contribution in [0.5, 0.6) is 0 Å². The molecule has 86 valence electrons. The van der Waals surface area contributed by atoms with E-state index in [1.54, 1.807) is 6.07 Å². The number of nitriles is 1. The molecule has 7 heteroatoms. The van der Waals surface area contributed by atoms with Gasteiger partial charge in [-0.05, 0) is 13.8 Å². The first-order chi connectivity index (χ1) is 6.63. The van der Waals surface area contributed by atoms with Gasteiger partial charge in [-0.15, -0.1) is 0 Å². The minimum absolute atomic E-state index is 0.0698. The summed E-state index contributed by atoms with van der Waals surface area (Å²) in [5, 5.41) is 10.3. The van der Waals surface area contributed by atoms with E-state index in [0.29, 0.717) is 6.92 Å². The van der Waals surface area contributed by atoms with Gasteiger partial charge in [0.15, 0.2) is 5.54 Å². The van der Waals surface area contributed by atoms with Crippen LogP contribution >= 0.6 is 0 Å². The monoisotopic (exact) mass is 223 g/mol. The van der Waals surface area contributed by atoms with Crippen LogP contribution in [-0.2, 0) is 4.79 Å². The Morgan fingerprint density at radius 1 is 1.60 bits per heavy atom. The fourth-order valence-electron chi connectivity index (χ4n) is 0.690. The van der Waals surface area contributed by atoms with Gasteiger partial charge in [-0.25, -0.2) is 0 Å². The Labute approximate surface area is 85.2 Å². The number of hydrogen-bond acceptors (Lipinski definition) is 3. The number of halogens is 3. The van der Waals surface area contributed by atoms with Crippen molar-refractivity contribution in [3.05, 3.63) is 0 Å². The van der Waals surface area contributed by atoms with Crippen molar-refractivity contribution >= 4 is 5.91 Å². The Morgan fingerprint density at radius 3 is 2.40 bits per heavy atom. The number of hydrogen-bond donors (Lipinski definition) is 2. The third-order valence-corrected chi connectivity index (χ3v) is 1.84. The highest BCUT2D eigenvalue weighted by molar-refractivity contribution is 5.86. The lowest BCUT2D eigenvalue weighted by Gasteiger charge is -2.27. The normalized spacial score (nSPS) is 17.4. The molecule has 2 unspecified atom stereocenters. The molecule has 0 rings (SSSR count). The molecule has 0 aromatic heterocycles. The van der Waals surface area contributed by atoms with Crippen molar-refractivity contribution in [1.82, 2.24) is 5.32 Å². The topological polar surface area (TPSA) is 78.9 Å². The van der Waals surface area contributed by atoms with Crippen LogP contribution in [0.2, 0.25) is 0 Å². The summed E-state index contributed by atoms with van der Waals surface area (Å²) in [6, 6.07) is 1.07. The van der Waals surface area contributed by atoms with Crippen LogP contribution in [0.4, 0.5) is 13.2 Å². The predicted octanol–water partition coefficient (Wildman–Crippen LogP) is 0.684. The Kier molecular flexibility index (Phi) is 4.10. The lowest BCUT2D eigenvalue weighted by Crippen LogP contribution is -2.62. The quantitative estimate of drug-likeness (QED) is 0.738. The van der Waals surface area contributed by atoms with Crippen LogP contribution in [0.15, 0.2) is 0 Å². The van der Waals surface area contributed by atoms with E-state index >= 15 is 0 Å². The van der Waals surface area contributed by atoms with Gasteiger partial charge in [0.2, 0.25) is 5.91 Å². The van der Waals surface area contributed by atoms with E-state index < -0.39 is 23.7 Å². The second-order valence-electron chi connectivity index (χ2n) is 3.44. The van der Waals surface area contributed by atoms with Gasteiger partial charge in [0, 0.05) is 6.04 Å². The molecular formula is C8H12F3N3O. The maximum absolute atomic E-state index is 12.3. The highest BCUT2D eigenvalue weighted by Crippen LogP contribution is 2.28. The summed E-state index contributed by atoms with van der Waals surface area (Å²) in [6.45, 7) is 2.01. The fraction of sp³-hybridized carbons (Fsp3) is 0.750. The molecule has 0 radical (unpaired) electrons. The van der Waals surface area contributed by atoms with E-state index in [4.69, 9.17) is 11.0 Å². The zero-order chi connectivity index (χ0) is 12.3. The summed E-state index contributed by atoms with van der Waals surface area (Å²) < 4.78 is 36.8. The van der Waals surface area contributed by atoms with Gasteiger partial charge in [0.05, 0.1) is 12.5 Å². The van der Waals surface area contributed by atoms with E-state index in [9.17, 15) is 18.0 Å². The number of amides is 1. The van der Waals surface area contributed by atoms with Crippen LogP contribution in [-0.4, -0.2) is 23.7 Å². The van der Waals surface area contributed by atoms with Crippen molar-refractivity contribution in [2.45, 2.75) is 38.0 Å². The van der Waals surface area contributed by atoms with Gasteiger partial charge in [0.1, 0.15) is 0 Å². The van der Waals surface area contributed by atoms with E-state index in [0.717, 1.165) is 0 Å². The van der Waals surface area contributed by atoms with Gasteiger partial charge in [0.25, 0.3) is 0 Å². The smallest absolute Gasteiger partial charge is 0.351 e. The number of rotatable bonds is 3. The molecule has 0 aliphatic carbocycles. The molecule has 0 spiro atoms. The summed E-state index contributed by atoms with van der Waals surface area (Å²) >= 11 is 0. The van der Waals surface area contributed by atoms with Crippen molar-refractivity contribution in [3.8, 4) is 6.07 Å². The number of carbonyl (C=O) groups is 1. The molecular weight excluding hydrogens is 211 g/mol. The van der Waals surface area contributed by atoms with Crippen molar-refractivity contribution < 1.29 is 18.0 Å². The maximum atomic E-state index is 12.3. The Bertz CT molecular complexity index is 280. The lowest BCUT2D eigenvalue weighted by molar-refractivity contribution is -0.187. The molecule has 0 saturated carbocycles. The summed E-state index contributed by atoms with van der Waals surface area (Å²) in [5.41, 5.74) is 1.93. The van der Waals surface area contributed by atoms with Gasteiger partial charge in [-0.2, -0.15) is 18.4 Å². The first-order valence-corrected chi connectivity index (χ1v) is 4.16. The van der Waals surface area contributed by atoms with Crippen molar-refractivity contribution in [2.24, 2.45) is 5.73 Å². The van der Waals surface area contributed by atoms with E-state index in [2.05, 4.69) is 0 Å². The Hall–Kier alpha value is -1.29. The number of nitrogens with one attached hydrogen (secondary N) is 1. The molecule has 1 amide bonds. The van der Waals surface area contributed by atoms with Crippen LogP contribution < -0.4 is 11.1 Å². The zero-order valence-corrected chi connectivity index (χ0v) is 8.35. The number of carbonyl (C=O) groups excluding carboxylic acids is 1. The molecule has 4 nitrogen and oxygen atoms in total. The third-order valence-electron chi connectivity index (χ3n) is 1.84. The molecule has 0 aromatic carbocycles. The third kappa shape index (κ3) is 3.40. The molecule has 2 atom stereocenters. The number of nitrogens with zero attached hydrogens (tertiary/aromatic N) is 1. The van der Waals surface area contributed by atoms with E-state index in [-0.39, 0.29) is 6.42 Å². The van der Waals surface area contributed by atoms with Crippen LogP contribution in [0, 0.1) is 11.3 Å². The highest BCUT2D eigenvalue weighted by atomic mass is 19.4. The molecule has 0 aliphatic rings. The Balaban J connectivity index is 4.53. The second-order valence-corrected chi connectivity index (χ2v) is 3.44. The second kappa shape index (κ2) is 4.49. The minimum atomic E-state index is -4.82. The summed E-state index contributed by atoms with van der Waals surface area (Å²) in [7, 11) is 0. The molecule has 15 heavy (non-hydrogen) atoms. The number of nitrogens with two attached hydrogens (primary N) is 1. The van der Waals surface area contributed by atoms with E-state index in [1.165, 1.54) is 6.92 Å². The summed E-state index contributed by atoms with van der Waals surface area (Å²) in [6.07, 6.45) is -4.89. The molecule has 0 aromatic rings. The fourth-order valence-corrected chi connectivity index (χ4v) is 0.690. The maximum Gasteiger partial charge on any atom is 0.415 e. The van der Waals surface area contributed by atoms with E-state index in [1.807, 2.05) is 5.32 Å². The van der Waals surface area contributed by atoms with Crippen molar-refractivity contribution in [3.63, 3.8) is 0 Å². The number of alkyl halides is 3. The summed E-state index contributed by atoms with van der Waals surface area (Å²) in [4.78, 5) is 11.1. The van der Waals surface area contributed by atoms with Crippen molar-refractivity contribution in [1.29, 1.82) is 5.26 Å². The lowest BCUT2D eigenvalue weighted by atomic mass is 10.0. The standard InChI is InChI=1S/C8H12F3N3O/c1-5(3-4-12)14-6(15)7(2,13)8(9,10)11/h5H,3,13H2,1-2H3,(H,14,15). The molecule has 0 fully saturated rings. The predicted molar refractivity (Wildman–Crippen MR) is 46.5 cm³/mol. The molecule has 0 aliphatic heterocycles. The average molecular weight is 223 g/mol. The highest BCUT2D eigenvalue weighted by Gasteiger charge is 2.54. The minimum Gasteiger partial charge on any atom is -0.351 e. The molecule has 0 saturated heterocycles. The zero-order valence-electron chi connectivity index (χ0n) is 8.35. The first kappa shape index (κ1) is 13.7. The van der Waals surface area contributed by atoms with Crippen LogP contribution in [0.25, 0.3) is 0 Å². The van der Waals surface area contributed by atoms with Crippen LogP contribution in [0.3, 0.4) is 0 Å². The molecule has 3 N–H and O–H groups in total.